The summed E-state index contributed by atoms with van der Waals surface area (Å²) in [6.07, 6.45) is 0.292. The van der Waals surface area contributed by atoms with Gasteiger partial charge >= 0.3 is 5.63 Å². The first kappa shape index (κ1) is 10.9. The van der Waals surface area contributed by atoms with E-state index in [4.69, 9.17) is 4.42 Å². The number of hydrogen-bond acceptors (Lipinski definition) is 4. The van der Waals surface area contributed by atoms with Crippen LogP contribution in [0.2, 0.25) is 0 Å². The fraction of sp³-hybridized carbons (Fsp3) is 0. The Balaban J connectivity index is 2.47. The van der Waals surface area contributed by atoms with Crippen molar-refractivity contribution in [3.8, 4) is 0 Å². The van der Waals surface area contributed by atoms with Gasteiger partial charge in [0, 0.05) is 5.39 Å². The van der Waals surface area contributed by atoms with Crippen LogP contribution < -0.4 is 16.5 Å². The van der Waals surface area contributed by atoms with E-state index in [-0.39, 0.29) is 5.56 Å². The predicted molar refractivity (Wildman–Crippen MR) is 59.1 cm³/mol. The van der Waals surface area contributed by atoms with E-state index in [1.807, 2.05) is 10.9 Å². The predicted octanol–water partition coefficient (Wildman–Crippen LogP) is 0.184. The summed E-state index contributed by atoms with van der Waals surface area (Å²) >= 11 is 0. The number of rotatable bonds is 3. The molecule has 6 heteroatoms. The fourth-order valence-corrected chi connectivity index (χ4v) is 1.38. The highest BCUT2D eigenvalue weighted by Crippen LogP contribution is 2.12. The lowest BCUT2D eigenvalue weighted by Gasteiger charge is -2.02. The van der Waals surface area contributed by atoms with Gasteiger partial charge in [-0.2, -0.15) is 0 Å². The Morgan fingerprint density at radius 3 is 2.82 bits per heavy atom. The number of nitrogens with one attached hydrogen (secondary N) is 2. The second-order valence-electron chi connectivity index (χ2n) is 3.20. The van der Waals surface area contributed by atoms with Crippen LogP contribution in [0.15, 0.2) is 39.5 Å². The van der Waals surface area contributed by atoms with Gasteiger partial charge in [0.25, 0.3) is 5.91 Å². The lowest BCUT2D eigenvalue weighted by atomic mass is 10.2. The molecule has 2 aromatic rings. The highest BCUT2D eigenvalue weighted by Gasteiger charge is 2.12. The standard InChI is InChI=1S/C11H8N2O4/c14-6-12-13-10(15)8-5-7-3-1-2-4-9(7)17-11(8)16/h1-6H,(H,12,14)(H,13,15). The number of hydrazine groups is 1. The molecule has 0 unspecified atom stereocenters. The molecule has 0 radical (unpaired) electrons. The molecule has 0 aliphatic heterocycles. The number of hydrogen-bond donors (Lipinski definition) is 2. The van der Waals surface area contributed by atoms with E-state index >= 15 is 0 Å². The Morgan fingerprint density at radius 1 is 1.29 bits per heavy atom. The molecule has 2 rings (SSSR count). The zero-order valence-electron chi connectivity index (χ0n) is 8.60. The molecule has 0 saturated heterocycles. The van der Waals surface area contributed by atoms with Crippen LogP contribution in [0.4, 0.5) is 0 Å². The third-order valence-corrected chi connectivity index (χ3v) is 2.13. The Kier molecular flexibility index (Phi) is 2.87. The first-order valence-corrected chi connectivity index (χ1v) is 4.75. The van der Waals surface area contributed by atoms with Crippen LogP contribution >= 0.6 is 0 Å². The molecule has 0 saturated carbocycles. The van der Waals surface area contributed by atoms with E-state index in [0.717, 1.165) is 0 Å². The van der Waals surface area contributed by atoms with Gasteiger partial charge in [-0.05, 0) is 12.1 Å². The van der Waals surface area contributed by atoms with Gasteiger partial charge in [-0.15, -0.1) is 0 Å². The number of para-hydroxylation sites is 1. The largest absolute Gasteiger partial charge is 0.422 e. The van der Waals surface area contributed by atoms with Crippen molar-refractivity contribution in [2.45, 2.75) is 0 Å². The molecule has 0 atom stereocenters. The van der Waals surface area contributed by atoms with Gasteiger partial charge < -0.3 is 4.42 Å². The van der Waals surface area contributed by atoms with Crippen LogP contribution in [-0.2, 0) is 4.79 Å². The zero-order valence-corrected chi connectivity index (χ0v) is 8.60. The lowest BCUT2D eigenvalue weighted by molar-refractivity contribution is -0.110. The number of carbonyl (C=O) groups excluding carboxylic acids is 2. The fourth-order valence-electron chi connectivity index (χ4n) is 1.38. The van der Waals surface area contributed by atoms with Gasteiger partial charge in [-0.1, -0.05) is 18.2 Å². The Labute approximate surface area is 95.2 Å². The Hall–Kier alpha value is -2.63. The summed E-state index contributed by atoms with van der Waals surface area (Å²) in [6.45, 7) is 0. The van der Waals surface area contributed by atoms with Crippen molar-refractivity contribution in [1.29, 1.82) is 0 Å². The average molecular weight is 232 g/mol. The number of fused-ring (bicyclic) bond motifs is 1. The molecule has 17 heavy (non-hydrogen) atoms. The molecule has 1 aromatic heterocycles. The molecule has 6 nitrogen and oxygen atoms in total. The molecule has 2 N–H and O–H groups in total. The maximum atomic E-state index is 11.5. The van der Waals surface area contributed by atoms with Gasteiger partial charge in [-0.25, -0.2) is 4.79 Å². The normalized spacial score (nSPS) is 9.88. The molecular weight excluding hydrogens is 224 g/mol. The third kappa shape index (κ3) is 2.15. The summed E-state index contributed by atoms with van der Waals surface area (Å²) in [4.78, 5) is 33.0. The molecule has 1 aromatic carbocycles. The number of amides is 2. The smallest absolute Gasteiger partial charge is 0.349 e. The first-order chi connectivity index (χ1) is 8.22. The van der Waals surface area contributed by atoms with E-state index in [1.54, 1.807) is 24.3 Å². The molecule has 0 fully saturated rings. The Bertz CT molecular complexity index is 633. The van der Waals surface area contributed by atoms with Crippen LogP contribution in [0.1, 0.15) is 10.4 Å². The van der Waals surface area contributed by atoms with E-state index in [9.17, 15) is 14.4 Å². The summed E-state index contributed by atoms with van der Waals surface area (Å²) < 4.78 is 4.96. The van der Waals surface area contributed by atoms with Crippen molar-refractivity contribution in [3.63, 3.8) is 0 Å². The monoisotopic (exact) mass is 232 g/mol. The van der Waals surface area contributed by atoms with Crippen molar-refractivity contribution in [3.05, 3.63) is 46.3 Å². The highest BCUT2D eigenvalue weighted by molar-refractivity contribution is 5.96. The summed E-state index contributed by atoms with van der Waals surface area (Å²) in [5.74, 6) is -0.725. The summed E-state index contributed by atoms with van der Waals surface area (Å²) in [6, 6.07) is 8.22. The van der Waals surface area contributed by atoms with E-state index in [0.29, 0.717) is 17.4 Å². The topological polar surface area (TPSA) is 88.4 Å². The minimum atomic E-state index is -0.756. The second-order valence-corrected chi connectivity index (χ2v) is 3.20. The molecule has 1 heterocycles. The zero-order chi connectivity index (χ0) is 12.3. The van der Waals surface area contributed by atoms with Crippen molar-refractivity contribution in [1.82, 2.24) is 10.9 Å². The van der Waals surface area contributed by atoms with E-state index < -0.39 is 11.5 Å². The van der Waals surface area contributed by atoms with Gasteiger partial charge in [0.05, 0.1) is 0 Å². The molecular formula is C11H8N2O4. The lowest BCUT2D eigenvalue weighted by Crippen LogP contribution is -2.38. The minimum absolute atomic E-state index is 0.168. The quantitative estimate of drug-likeness (QED) is 0.449. The number of carbonyl (C=O) groups is 2. The van der Waals surface area contributed by atoms with E-state index in [1.165, 1.54) is 6.07 Å². The van der Waals surface area contributed by atoms with Crippen molar-refractivity contribution >= 4 is 23.3 Å². The van der Waals surface area contributed by atoms with Crippen LogP contribution in [-0.4, -0.2) is 12.3 Å². The SMILES string of the molecule is O=CNNC(=O)c1cc2ccccc2oc1=O. The van der Waals surface area contributed by atoms with Crippen molar-refractivity contribution in [2.24, 2.45) is 0 Å². The third-order valence-electron chi connectivity index (χ3n) is 2.13. The summed E-state index contributed by atoms with van der Waals surface area (Å²) in [7, 11) is 0. The second kappa shape index (κ2) is 4.48. The van der Waals surface area contributed by atoms with E-state index in [2.05, 4.69) is 0 Å². The maximum absolute atomic E-state index is 11.5. The maximum Gasteiger partial charge on any atom is 0.349 e. The summed E-state index contributed by atoms with van der Waals surface area (Å²) in [5.41, 5.74) is 3.47. The van der Waals surface area contributed by atoms with Gasteiger partial charge in [0.15, 0.2) is 0 Å². The van der Waals surface area contributed by atoms with Crippen LogP contribution in [0.5, 0.6) is 0 Å². The molecule has 0 spiro atoms. The van der Waals surface area contributed by atoms with Crippen LogP contribution in [0, 0.1) is 0 Å². The molecule has 0 aliphatic rings. The first-order valence-electron chi connectivity index (χ1n) is 4.75. The van der Waals surface area contributed by atoms with Crippen LogP contribution in [0.25, 0.3) is 11.0 Å². The van der Waals surface area contributed by atoms with Gasteiger partial charge in [-0.3, -0.25) is 20.4 Å². The molecule has 0 bridgehead atoms. The molecule has 2 amide bonds. The van der Waals surface area contributed by atoms with Gasteiger partial charge in [0.2, 0.25) is 6.41 Å². The van der Waals surface area contributed by atoms with Crippen molar-refractivity contribution < 1.29 is 14.0 Å². The molecule has 0 aliphatic carbocycles. The average Bonchev–Trinajstić information content (AvgIpc) is 2.35. The summed E-state index contributed by atoms with van der Waals surface area (Å²) in [5, 5.41) is 0.628. The minimum Gasteiger partial charge on any atom is -0.422 e. The van der Waals surface area contributed by atoms with Crippen molar-refractivity contribution in [2.75, 3.05) is 0 Å². The molecule has 86 valence electrons. The van der Waals surface area contributed by atoms with Crippen LogP contribution in [0.3, 0.4) is 0 Å². The highest BCUT2D eigenvalue weighted by atomic mass is 16.4. The van der Waals surface area contributed by atoms with Gasteiger partial charge in [0.1, 0.15) is 11.1 Å². The Morgan fingerprint density at radius 2 is 2.06 bits per heavy atom. The number of benzene rings is 1.